The maximum absolute atomic E-state index is 12.9. The fraction of sp³-hybridized carbons (Fsp3) is 0.148. The fourth-order valence-corrected chi connectivity index (χ4v) is 3.93. The number of benzene rings is 3. The summed E-state index contributed by atoms with van der Waals surface area (Å²) in [6.07, 6.45) is 2.82. The molecule has 2 heterocycles. The Balaban J connectivity index is 1.20. The molecule has 32 heavy (non-hydrogen) atoms. The number of hydrogen-bond donors (Lipinski definition) is 1. The number of nitrogens with zero attached hydrogens (tertiary/aromatic N) is 1. The second-order valence-electron chi connectivity index (χ2n) is 7.84. The van der Waals surface area contributed by atoms with Crippen LogP contribution < -0.4 is 4.74 Å². The third-order valence-corrected chi connectivity index (χ3v) is 5.71. The van der Waals surface area contributed by atoms with E-state index in [2.05, 4.69) is 12.1 Å². The topological polar surface area (TPSA) is 62.9 Å². The number of furan rings is 1. The molecule has 0 radical (unpaired) electrons. The smallest absolute Gasteiger partial charge is 0.289 e. The van der Waals surface area contributed by atoms with Crippen LogP contribution in [-0.2, 0) is 6.61 Å². The fourth-order valence-electron chi connectivity index (χ4n) is 3.93. The van der Waals surface area contributed by atoms with Gasteiger partial charge in [0, 0.05) is 13.1 Å². The van der Waals surface area contributed by atoms with E-state index in [1.54, 1.807) is 29.2 Å². The number of carbonyl (C=O) groups is 1. The monoisotopic (exact) mass is 425 g/mol. The minimum absolute atomic E-state index is 0.122. The second kappa shape index (κ2) is 8.63. The third kappa shape index (κ3) is 4.23. The highest BCUT2D eigenvalue weighted by atomic mass is 16.5. The molecule has 0 aliphatic carbocycles. The van der Waals surface area contributed by atoms with Crippen molar-refractivity contribution in [1.82, 2.24) is 4.90 Å². The zero-order valence-electron chi connectivity index (χ0n) is 17.5. The summed E-state index contributed by atoms with van der Waals surface area (Å²) in [6, 6.07) is 24.7. The second-order valence-corrected chi connectivity index (χ2v) is 7.84. The van der Waals surface area contributed by atoms with Gasteiger partial charge in [0.1, 0.15) is 23.9 Å². The van der Waals surface area contributed by atoms with Crippen LogP contribution >= 0.6 is 0 Å². The van der Waals surface area contributed by atoms with Gasteiger partial charge in [-0.2, -0.15) is 0 Å². The van der Waals surface area contributed by atoms with Gasteiger partial charge < -0.3 is 19.2 Å². The van der Waals surface area contributed by atoms with Crippen molar-refractivity contribution in [1.29, 1.82) is 0 Å². The van der Waals surface area contributed by atoms with Crippen LogP contribution in [0.25, 0.3) is 16.3 Å². The average molecular weight is 425 g/mol. The zero-order valence-corrected chi connectivity index (χ0v) is 17.5. The minimum Gasteiger partial charge on any atom is -0.508 e. The van der Waals surface area contributed by atoms with E-state index in [9.17, 15) is 9.90 Å². The molecule has 1 aliphatic heterocycles. The van der Waals surface area contributed by atoms with Crippen molar-refractivity contribution in [3.05, 3.63) is 102 Å². The molecule has 0 saturated carbocycles. The number of ether oxygens (including phenoxy) is 1. The maximum Gasteiger partial charge on any atom is 0.289 e. The highest BCUT2D eigenvalue weighted by Gasteiger charge is 2.22. The Morgan fingerprint density at radius 3 is 2.56 bits per heavy atom. The third-order valence-electron chi connectivity index (χ3n) is 5.71. The summed E-state index contributed by atoms with van der Waals surface area (Å²) in [5.41, 5.74) is 2.25. The number of amides is 1. The van der Waals surface area contributed by atoms with E-state index >= 15 is 0 Å². The molecule has 5 heteroatoms. The van der Waals surface area contributed by atoms with Crippen LogP contribution in [0.1, 0.15) is 28.3 Å². The van der Waals surface area contributed by atoms with Crippen LogP contribution in [0.4, 0.5) is 0 Å². The molecule has 160 valence electrons. The molecule has 1 amide bonds. The van der Waals surface area contributed by atoms with Gasteiger partial charge in [-0.15, -0.1) is 0 Å². The quantitative estimate of drug-likeness (QED) is 0.449. The van der Waals surface area contributed by atoms with Crippen molar-refractivity contribution in [3.63, 3.8) is 0 Å². The van der Waals surface area contributed by atoms with Crippen molar-refractivity contribution in [3.8, 4) is 11.5 Å². The number of carbonyl (C=O) groups excluding carboxylic acids is 1. The van der Waals surface area contributed by atoms with Gasteiger partial charge in [-0.25, -0.2) is 0 Å². The van der Waals surface area contributed by atoms with Crippen molar-refractivity contribution < 1.29 is 19.1 Å². The van der Waals surface area contributed by atoms with Gasteiger partial charge in [-0.05, 0) is 64.7 Å². The number of phenols is 1. The first-order valence-corrected chi connectivity index (χ1v) is 10.6. The summed E-state index contributed by atoms with van der Waals surface area (Å²) in [5, 5.41) is 11.7. The lowest BCUT2D eigenvalue weighted by molar-refractivity contribution is 0.0737. The number of rotatable bonds is 5. The molecular formula is C27H23NO4. The summed E-state index contributed by atoms with van der Waals surface area (Å²) >= 11 is 0. The first kappa shape index (κ1) is 19.9. The number of hydrogen-bond acceptors (Lipinski definition) is 4. The predicted molar refractivity (Wildman–Crippen MR) is 124 cm³/mol. The van der Waals surface area contributed by atoms with Gasteiger partial charge >= 0.3 is 0 Å². The molecule has 0 spiro atoms. The highest BCUT2D eigenvalue weighted by molar-refractivity contribution is 5.92. The lowest BCUT2D eigenvalue weighted by atomic mass is 9.99. The van der Waals surface area contributed by atoms with Gasteiger partial charge in [-0.1, -0.05) is 48.5 Å². The Bertz CT molecular complexity index is 1290. The SMILES string of the molecule is O=C(c1ccc(COc2ccc3ccccc3c2)o1)N1CC=C(c2ccc(O)cc2)CC1. The van der Waals surface area contributed by atoms with Gasteiger partial charge in [0.05, 0.1) is 0 Å². The maximum atomic E-state index is 12.9. The Hall–Kier alpha value is -3.99. The van der Waals surface area contributed by atoms with Crippen molar-refractivity contribution in [2.24, 2.45) is 0 Å². The van der Waals surface area contributed by atoms with E-state index in [-0.39, 0.29) is 18.3 Å². The van der Waals surface area contributed by atoms with Crippen molar-refractivity contribution in [2.75, 3.05) is 13.1 Å². The summed E-state index contributed by atoms with van der Waals surface area (Å²) in [5.74, 6) is 1.82. The van der Waals surface area contributed by atoms with E-state index in [4.69, 9.17) is 9.15 Å². The lowest BCUT2D eigenvalue weighted by Gasteiger charge is -2.26. The Labute approximate surface area is 186 Å². The molecule has 4 aromatic rings. The van der Waals surface area contributed by atoms with Crippen molar-refractivity contribution in [2.45, 2.75) is 13.0 Å². The molecule has 5 rings (SSSR count). The summed E-state index contributed by atoms with van der Waals surface area (Å²) in [7, 11) is 0. The van der Waals surface area contributed by atoms with Crippen LogP contribution in [0.5, 0.6) is 11.5 Å². The molecule has 0 fully saturated rings. The minimum atomic E-state index is -0.122. The predicted octanol–water partition coefficient (Wildman–Crippen LogP) is 5.65. The first-order valence-electron chi connectivity index (χ1n) is 10.6. The molecule has 1 aliphatic rings. The Morgan fingerprint density at radius 2 is 1.78 bits per heavy atom. The lowest BCUT2D eigenvalue weighted by Crippen LogP contribution is -2.34. The Morgan fingerprint density at radius 1 is 0.969 bits per heavy atom. The van der Waals surface area contributed by atoms with E-state index < -0.39 is 0 Å². The number of aromatic hydroxyl groups is 1. The van der Waals surface area contributed by atoms with Crippen LogP contribution in [0.3, 0.4) is 0 Å². The largest absolute Gasteiger partial charge is 0.508 e. The average Bonchev–Trinajstić information content (AvgIpc) is 3.32. The summed E-state index contributed by atoms with van der Waals surface area (Å²) in [6.45, 7) is 1.41. The van der Waals surface area contributed by atoms with Gasteiger partial charge in [0.15, 0.2) is 5.76 Å². The van der Waals surface area contributed by atoms with E-state index in [0.29, 0.717) is 24.6 Å². The molecule has 0 saturated heterocycles. The highest BCUT2D eigenvalue weighted by Crippen LogP contribution is 2.25. The normalized spacial score (nSPS) is 13.8. The van der Waals surface area contributed by atoms with Crippen molar-refractivity contribution >= 4 is 22.3 Å². The molecular weight excluding hydrogens is 402 g/mol. The van der Waals surface area contributed by atoms with Crippen LogP contribution in [-0.4, -0.2) is 29.0 Å². The molecule has 0 bridgehead atoms. The molecule has 0 atom stereocenters. The molecule has 1 aromatic heterocycles. The molecule has 0 unspecified atom stereocenters. The summed E-state index contributed by atoms with van der Waals surface area (Å²) < 4.78 is 11.6. The molecule has 1 N–H and O–H groups in total. The first-order chi connectivity index (χ1) is 15.7. The van der Waals surface area contributed by atoms with Gasteiger partial charge in [0.2, 0.25) is 0 Å². The van der Waals surface area contributed by atoms with E-state index in [0.717, 1.165) is 28.5 Å². The number of fused-ring (bicyclic) bond motifs is 1. The van der Waals surface area contributed by atoms with Crippen LogP contribution in [0.2, 0.25) is 0 Å². The van der Waals surface area contributed by atoms with E-state index in [1.807, 2.05) is 48.5 Å². The zero-order chi connectivity index (χ0) is 21.9. The van der Waals surface area contributed by atoms with E-state index in [1.165, 1.54) is 5.57 Å². The molecule has 3 aromatic carbocycles. The van der Waals surface area contributed by atoms with Crippen LogP contribution in [0.15, 0.2) is 89.4 Å². The van der Waals surface area contributed by atoms with Crippen LogP contribution in [0, 0.1) is 0 Å². The molecule has 5 nitrogen and oxygen atoms in total. The number of phenolic OH excluding ortho intramolecular Hbond substituents is 1. The van der Waals surface area contributed by atoms with Gasteiger partial charge in [0.25, 0.3) is 5.91 Å². The van der Waals surface area contributed by atoms with Gasteiger partial charge in [-0.3, -0.25) is 4.79 Å². The Kier molecular flexibility index (Phi) is 5.38. The standard InChI is InChI=1S/C27H23NO4/c29-23-8-5-20(6-9-23)21-13-15-28(16-14-21)27(30)26-12-11-25(32-26)18-31-24-10-7-19-3-1-2-4-22(19)17-24/h1-13,17,29H,14-16,18H2. The summed E-state index contributed by atoms with van der Waals surface area (Å²) in [4.78, 5) is 14.6.